The lowest BCUT2D eigenvalue weighted by atomic mass is 10.3. The fourth-order valence-corrected chi connectivity index (χ4v) is 0.878. The summed E-state index contributed by atoms with van der Waals surface area (Å²) >= 11 is 0. The molecule has 0 aliphatic carbocycles. The van der Waals surface area contributed by atoms with E-state index < -0.39 is 0 Å². The molecule has 0 unspecified atom stereocenters. The van der Waals surface area contributed by atoms with Crippen molar-refractivity contribution >= 4 is 5.91 Å². The van der Waals surface area contributed by atoms with Crippen LogP contribution in [-0.4, -0.2) is 37.5 Å². The van der Waals surface area contributed by atoms with E-state index in [-0.39, 0.29) is 5.91 Å². The van der Waals surface area contributed by atoms with E-state index in [1.165, 1.54) is 0 Å². The Morgan fingerprint density at radius 3 is 2.85 bits per heavy atom. The fourth-order valence-electron chi connectivity index (χ4n) is 0.878. The Morgan fingerprint density at radius 2 is 2.31 bits per heavy atom. The molecule has 0 aliphatic heterocycles. The predicted octanol–water partition coefficient (Wildman–Crippen LogP) is 1.02. The lowest BCUT2D eigenvalue weighted by molar-refractivity contribution is -0.128. The normalized spacial score (nSPS) is 9.69. The summed E-state index contributed by atoms with van der Waals surface area (Å²) in [7, 11) is 1.81. The molecule has 0 fully saturated rings. The monoisotopic (exact) mass is 184 g/mol. The zero-order valence-corrected chi connectivity index (χ0v) is 8.68. The average molecular weight is 184 g/mol. The first-order chi connectivity index (χ1) is 6.22. The number of nitrogens with zero attached hydrogens (tertiary/aromatic N) is 1. The molecule has 1 amide bonds. The highest BCUT2D eigenvalue weighted by Crippen LogP contribution is 1.86. The number of nitrogens with one attached hydrogen (secondary N) is 1. The summed E-state index contributed by atoms with van der Waals surface area (Å²) in [6, 6.07) is 0. The van der Waals surface area contributed by atoms with Crippen molar-refractivity contribution < 1.29 is 4.79 Å². The summed E-state index contributed by atoms with van der Waals surface area (Å²) in [6.45, 7) is 7.70. The number of allylic oxidation sites excluding steroid dienone is 1. The fraction of sp³-hybridized carbons (Fsp3) is 0.700. The zero-order chi connectivity index (χ0) is 10.1. The molecule has 3 heteroatoms. The molecule has 0 bridgehead atoms. The van der Waals surface area contributed by atoms with Crippen LogP contribution in [0.4, 0.5) is 0 Å². The molecular weight excluding hydrogens is 164 g/mol. The maximum Gasteiger partial charge on any atom is 0.236 e. The van der Waals surface area contributed by atoms with Gasteiger partial charge in [-0.2, -0.15) is 0 Å². The number of unbranched alkanes of at least 4 members (excludes halogenated alkanes) is 1. The standard InChI is InChI=1S/C10H20N2O/c1-4-6-7-8-11-9-10(13)12(3)5-2/h4,11H,1,5-9H2,2-3H3. The Morgan fingerprint density at radius 1 is 1.62 bits per heavy atom. The van der Waals surface area contributed by atoms with E-state index in [1.54, 1.807) is 4.90 Å². The zero-order valence-electron chi connectivity index (χ0n) is 8.68. The second-order valence-electron chi connectivity index (χ2n) is 3.02. The van der Waals surface area contributed by atoms with Crippen molar-refractivity contribution in [1.82, 2.24) is 10.2 Å². The summed E-state index contributed by atoms with van der Waals surface area (Å²) < 4.78 is 0. The van der Waals surface area contributed by atoms with Gasteiger partial charge >= 0.3 is 0 Å². The summed E-state index contributed by atoms with van der Waals surface area (Å²) in [4.78, 5) is 13.0. The maximum absolute atomic E-state index is 11.3. The first-order valence-corrected chi connectivity index (χ1v) is 4.78. The van der Waals surface area contributed by atoms with Gasteiger partial charge in [-0.25, -0.2) is 0 Å². The van der Waals surface area contributed by atoms with Crippen LogP contribution in [-0.2, 0) is 4.79 Å². The minimum Gasteiger partial charge on any atom is -0.345 e. The first-order valence-electron chi connectivity index (χ1n) is 4.78. The van der Waals surface area contributed by atoms with Gasteiger partial charge in [0.25, 0.3) is 0 Å². The molecular formula is C10H20N2O. The molecule has 3 nitrogen and oxygen atoms in total. The predicted molar refractivity (Wildman–Crippen MR) is 55.6 cm³/mol. The van der Waals surface area contributed by atoms with Crippen molar-refractivity contribution in [2.24, 2.45) is 0 Å². The average Bonchev–Trinajstić information content (AvgIpc) is 2.16. The summed E-state index contributed by atoms with van der Waals surface area (Å²) in [5, 5.41) is 3.10. The van der Waals surface area contributed by atoms with Gasteiger partial charge in [0.2, 0.25) is 5.91 Å². The topological polar surface area (TPSA) is 32.3 Å². The van der Waals surface area contributed by atoms with E-state index in [0.717, 1.165) is 25.9 Å². The highest BCUT2D eigenvalue weighted by atomic mass is 16.2. The van der Waals surface area contributed by atoms with Crippen molar-refractivity contribution in [3.63, 3.8) is 0 Å². The van der Waals surface area contributed by atoms with E-state index in [1.807, 2.05) is 20.0 Å². The second kappa shape index (κ2) is 7.80. The van der Waals surface area contributed by atoms with Crippen molar-refractivity contribution in [3.8, 4) is 0 Å². The smallest absolute Gasteiger partial charge is 0.236 e. The summed E-state index contributed by atoms with van der Waals surface area (Å²) in [6.07, 6.45) is 3.94. The van der Waals surface area contributed by atoms with Crippen LogP contribution in [0.2, 0.25) is 0 Å². The van der Waals surface area contributed by atoms with Crippen molar-refractivity contribution in [3.05, 3.63) is 12.7 Å². The minimum atomic E-state index is 0.154. The summed E-state index contributed by atoms with van der Waals surface area (Å²) in [5.41, 5.74) is 0. The van der Waals surface area contributed by atoms with Gasteiger partial charge in [-0.15, -0.1) is 6.58 Å². The van der Waals surface area contributed by atoms with Gasteiger partial charge in [0.1, 0.15) is 0 Å². The molecule has 0 aromatic rings. The Balaban J connectivity index is 3.31. The van der Waals surface area contributed by atoms with E-state index in [0.29, 0.717) is 6.54 Å². The third kappa shape index (κ3) is 6.34. The van der Waals surface area contributed by atoms with Crippen LogP contribution in [0, 0.1) is 0 Å². The molecule has 76 valence electrons. The van der Waals surface area contributed by atoms with Crippen LogP contribution in [0.15, 0.2) is 12.7 Å². The molecule has 0 saturated carbocycles. The van der Waals surface area contributed by atoms with Crippen LogP contribution >= 0.6 is 0 Å². The third-order valence-electron chi connectivity index (χ3n) is 1.94. The lowest BCUT2D eigenvalue weighted by Crippen LogP contribution is -2.35. The van der Waals surface area contributed by atoms with E-state index >= 15 is 0 Å². The molecule has 0 spiro atoms. The number of hydrogen-bond donors (Lipinski definition) is 1. The van der Waals surface area contributed by atoms with Gasteiger partial charge in [-0.3, -0.25) is 4.79 Å². The van der Waals surface area contributed by atoms with Gasteiger partial charge in [0.05, 0.1) is 6.54 Å². The number of rotatable bonds is 7. The van der Waals surface area contributed by atoms with Crippen LogP contribution in [0.25, 0.3) is 0 Å². The van der Waals surface area contributed by atoms with E-state index in [2.05, 4.69) is 11.9 Å². The molecule has 0 saturated heterocycles. The number of likely N-dealkylation sites (N-methyl/N-ethyl adjacent to an activating group) is 1. The van der Waals surface area contributed by atoms with Gasteiger partial charge in [-0.05, 0) is 26.3 Å². The molecule has 0 rings (SSSR count). The van der Waals surface area contributed by atoms with Gasteiger partial charge in [0.15, 0.2) is 0 Å². The third-order valence-corrected chi connectivity index (χ3v) is 1.94. The Bertz CT molecular complexity index is 157. The molecule has 0 radical (unpaired) electrons. The largest absolute Gasteiger partial charge is 0.345 e. The van der Waals surface area contributed by atoms with Gasteiger partial charge in [0, 0.05) is 13.6 Å². The number of carbonyl (C=O) groups is 1. The lowest BCUT2D eigenvalue weighted by Gasteiger charge is -2.14. The van der Waals surface area contributed by atoms with Crippen LogP contribution < -0.4 is 5.32 Å². The van der Waals surface area contributed by atoms with Crippen molar-refractivity contribution in [2.75, 3.05) is 26.7 Å². The number of amides is 1. The molecule has 0 atom stereocenters. The molecule has 0 aliphatic rings. The Kier molecular flexibility index (Phi) is 7.30. The number of carbonyl (C=O) groups excluding carboxylic acids is 1. The number of hydrogen-bond acceptors (Lipinski definition) is 2. The summed E-state index contributed by atoms with van der Waals surface area (Å²) in [5.74, 6) is 0.154. The second-order valence-corrected chi connectivity index (χ2v) is 3.02. The molecule has 0 aromatic carbocycles. The molecule has 1 N–H and O–H groups in total. The van der Waals surface area contributed by atoms with Gasteiger partial charge < -0.3 is 10.2 Å². The van der Waals surface area contributed by atoms with Crippen molar-refractivity contribution in [2.45, 2.75) is 19.8 Å². The SMILES string of the molecule is C=CCCCNCC(=O)N(C)CC. The highest BCUT2D eigenvalue weighted by Gasteiger charge is 2.03. The Labute approximate surface area is 80.8 Å². The maximum atomic E-state index is 11.3. The molecule has 0 aromatic heterocycles. The van der Waals surface area contributed by atoms with Crippen LogP contribution in [0.5, 0.6) is 0 Å². The first kappa shape index (κ1) is 12.2. The van der Waals surface area contributed by atoms with Crippen LogP contribution in [0.3, 0.4) is 0 Å². The molecule has 0 heterocycles. The molecule has 13 heavy (non-hydrogen) atoms. The highest BCUT2D eigenvalue weighted by molar-refractivity contribution is 5.77. The van der Waals surface area contributed by atoms with Crippen LogP contribution in [0.1, 0.15) is 19.8 Å². The van der Waals surface area contributed by atoms with E-state index in [4.69, 9.17) is 0 Å². The van der Waals surface area contributed by atoms with E-state index in [9.17, 15) is 4.79 Å². The van der Waals surface area contributed by atoms with Gasteiger partial charge in [-0.1, -0.05) is 6.08 Å². The van der Waals surface area contributed by atoms with Crippen molar-refractivity contribution in [1.29, 1.82) is 0 Å². The quantitative estimate of drug-likeness (QED) is 0.473. The minimum absolute atomic E-state index is 0.154. The Hall–Kier alpha value is -0.830.